The van der Waals surface area contributed by atoms with E-state index >= 15 is 0 Å². The van der Waals surface area contributed by atoms with Crippen LogP contribution in [0.1, 0.15) is 27.0 Å². The number of aromatic hydroxyl groups is 1. The minimum Gasteiger partial charge on any atom is -0.504 e. The predicted octanol–water partition coefficient (Wildman–Crippen LogP) is 3.91. The first-order valence-electron chi connectivity index (χ1n) is 7.77. The summed E-state index contributed by atoms with van der Waals surface area (Å²) in [5.74, 6) is -0.586. The summed E-state index contributed by atoms with van der Waals surface area (Å²) in [6.07, 6.45) is -1.25. The van der Waals surface area contributed by atoms with Crippen LogP contribution >= 0.6 is 0 Å². The normalized spacial score (nSPS) is 11.4. The Labute approximate surface area is 153 Å². The van der Waals surface area contributed by atoms with Gasteiger partial charge in [0.05, 0.1) is 18.9 Å². The van der Waals surface area contributed by atoms with Crippen LogP contribution in [0.15, 0.2) is 54.2 Å². The first kappa shape index (κ1) is 20.0. The van der Waals surface area contributed by atoms with Crippen molar-refractivity contribution in [1.82, 2.24) is 5.43 Å². The van der Waals surface area contributed by atoms with Crippen molar-refractivity contribution in [1.29, 1.82) is 0 Å². The van der Waals surface area contributed by atoms with Crippen molar-refractivity contribution in [2.45, 2.75) is 12.6 Å². The number of nitrogens with zero attached hydrogens (tertiary/aromatic N) is 1. The smallest absolute Gasteiger partial charge is 0.416 e. The number of ether oxygens (including phenoxy) is 1. The summed E-state index contributed by atoms with van der Waals surface area (Å²) in [6, 6.07) is 7.15. The molecule has 0 aliphatic heterocycles. The van der Waals surface area contributed by atoms with Crippen molar-refractivity contribution >= 4 is 12.1 Å². The number of carbonyl (C=O) groups excluding carboxylic acids is 1. The molecule has 27 heavy (non-hydrogen) atoms. The molecule has 2 aromatic rings. The van der Waals surface area contributed by atoms with E-state index in [1.54, 1.807) is 12.1 Å². The van der Waals surface area contributed by atoms with Crippen LogP contribution in [-0.4, -0.2) is 24.3 Å². The molecule has 2 N–H and O–H groups in total. The number of carbonyl (C=O) groups is 1. The Morgan fingerprint density at radius 2 is 2.07 bits per heavy atom. The number of halogens is 3. The van der Waals surface area contributed by atoms with E-state index in [-0.39, 0.29) is 17.1 Å². The first-order valence-corrected chi connectivity index (χ1v) is 7.77. The molecule has 0 aromatic heterocycles. The largest absolute Gasteiger partial charge is 0.504 e. The van der Waals surface area contributed by atoms with Crippen LogP contribution in [0.4, 0.5) is 13.2 Å². The minimum atomic E-state index is -4.54. The Hall–Kier alpha value is -3.29. The van der Waals surface area contributed by atoms with E-state index in [0.717, 1.165) is 18.2 Å². The average Bonchev–Trinajstić information content (AvgIpc) is 2.63. The summed E-state index contributed by atoms with van der Waals surface area (Å²) in [7, 11) is 1.39. The highest BCUT2D eigenvalue weighted by atomic mass is 19.4. The van der Waals surface area contributed by atoms with Gasteiger partial charge in [-0.25, -0.2) is 5.43 Å². The molecule has 0 heterocycles. The fourth-order valence-corrected chi connectivity index (χ4v) is 2.30. The first-order chi connectivity index (χ1) is 12.8. The lowest BCUT2D eigenvalue weighted by atomic mass is 10.1. The molecule has 8 heteroatoms. The Morgan fingerprint density at radius 1 is 1.33 bits per heavy atom. The Morgan fingerprint density at radius 3 is 2.70 bits per heavy atom. The number of rotatable bonds is 6. The van der Waals surface area contributed by atoms with E-state index in [2.05, 4.69) is 17.1 Å². The third kappa shape index (κ3) is 5.10. The van der Waals surface area contributed by atoms with Gasteiger partial charge in [0.2, 0.25) is 0 Å². The number of hydrogen-bond acceptors (Lipinski definition) is 4. The number of benzene rings is 2. The topological polar surface area (TPSA) is 70.9 Å². The van der Waals surface area contributed by atoms with Gasteiger partial charge >= 0.3 is 6.18 Å². The van der Waals surface area contributed by atoms with E-state index in [4.69, 9.17) is 4.74 Å². The summed E-state index contributed by atoms with van der Waals surface area (Å²) in [6.45, 7) is 3.60. The summed E-state index contributed by atoms with van der Waals surface area (Å²) < 4.78 is 43.2. The van der Waals surface area contributed by atoms with Gasteiger partial charge in [-0.2, -0.15) is 18.3 Å². The fourth-order valence-electron chi connectivity index (χ4n) is 2.30. The van der Waals surface area contributed by atoms with Crippen LogP contribution in [0.2, 0.25) is 0 Å². The molecule has 2 rings (SSSR count). The molecule has 0 spiro atoms. The van der Waals surface area contributed by atoms with E-state index in [9.17, 15) is 23.1 Å². The number of phenolic OH excluding ortho intramolecular Hbond substituents is 1. The maximum Gasteiger partial charge on any atom is 0.416 e. The lowest BCUT2D eigenvalue weighted by molar-refractivity contribution is -0.137. The van der Waals surface area contributed by atoms with Crippen molar-refractivity contribution in [3.63, 3.8) is 0 Å². The number of hydrogen-bond donors (Lipinski definition) is 2. The van der Waals surface area contributed by atoms with Crippen molar-refractivity contribution < 1.29 is 27.8 Å². The summed E-state index contributed by atoms with van der Waals surface area (Å²) in [5, 5.41) is 13.8. The molecule has 2 aromatic carbocycles. The molecule has 0 fully saturated rings. The molecular formula is C19H17F3N2O3. The van der Waals surface area contributed by atoms with E-state index in [1.807, 2.05) is 0 Å². The molecule has 0 saturated carbocycles. The zero-order chi connectivity index (χ0) is 20.0. The number of hydrazone groups is 1. The minimum absolute atomic E-state index is 0.0254. The van der Waals surface area contributed by atoms with Gasteiger partial charge in [-0.3, -0.25) is 4.79 Å². The number of phenols is 1. The van der Waals surface area contributed by atoms with Gasteiger partial charge in [0.15, 0.2) is 11.5 Å². The lowest BCUT2D eigenvalue weighted by Gasteiger charge is -2.09. The van der Waals surface area contributed by atoms with Crippen LogP contribution in [0.3, 0.4) is 0 Å². The summed E-state index contributed by atoms with van der Waals surface area (Å²) in [4.78, 5) is 12.0. The second kappa shape index (κ2) is 8.39. The highest BCUT2D eigenvalue weighted by Gasteiger charge is 2.30. The van der Waals surface area contributed by atoms with Gasteiger partial charge in [-0.05, 0) is 42.3 Å². The Kier molecular flexibility index (Phi) is 6.23. The third-order valence-corrected chi connectivity index (χ3v) is 3.59. The van der Waals surface area contributed by atoms with Gasteiger partial charge in [-0.15, -0.1) is 6.58 Å². The zero-order valence-electron chi connectivity index (χ0n) is 14.4. The standard InChI is InChI=1S/C19H17F3N2O3/c1-3-5-13-8-12(9-16(27-2)17(13)25)11-23-24-18(26)14-6-4-7-15(10-14)19(20,21)22/h3-4,6-11,25H,1,5H2,2H3,(H,24,26). The molecule has 0 atom stereocenters. The lowest BCUT2D eigenvalue weighted by Crippen LogP contribution is -2.18. The summed E-state index contributed by atoms with van der Waals surface area (Å²) >= 11 is 0. The molecule has 0 aliphatic carbocycles. The van der Waals surface area contributed by atoms with Crippen LogP contribution < -0.4 is 10.2 Å². The number of nitrogens with one attached hydrogen (secondary N) is 1. The Bertz CT molecular complexity index is 877. The third-order valence-electron chi connectivity index (χ3n) is 3.59. The summed E-state index contributed by atoms with van der Waals surface area (Å²) in [5.41, 5.74) is 2.15. The van der Waals surface area contributed by atoms with Crippen molar-refractivity contribution in [3.05, 3.63) is 71.3 Å². The second-order valence-corrected chi connectivity index (χ2v) is 5.50. The van der Waals surface area contributed by atoms with Crippen LogP contribution in [0, 0.1) is 0 Å². The second-order valence-electron chi connectivity index (χ2n) is 5.50. The number of alkyl halides is 3. The highest BCUT2D eigenvalue weighted by Crippen LogP contribution is 2.31. The Balaban J connectivity index is 2.16. The van der Waals surface area contributed by atoms with Gasteiger partial charge < -0.3 is 9.84 Å². The number of amides is 1. The molecule has 0 saturated heterocycles. The van der Waals surface area contributed by atoms with Gasteiger partial charge in [0.1, 0.15) is 0 Å². The highest BCUT2D eigenvalue weighted by molar-refractivity contribution is 5.95. The van der Waals surface area contributed by atoms with Gasteiger partial charge in [0.25, 0.3) is 5.91 Å². The molecule has 1 amide bonds. The number of methoxy groups -OCH3 is 1. The quantitative estimate of drug-likeness (QED) is 0.455. The monoisotopic (exact) mass is 378 g/mol. The van der Waals surface area contributed by atoms with Gasteiger partial charge in [-0.1, -0.05) is 12.1 Å². The average molecular weight is 378 g/mol. The molecular weight excluding hydrogens is 361 g/mol. The molecule has 142 valence electrons. The molecule has 5 nitrogen and oxygen atoms in total. The van der Waals surface area contributed by atoms with Gasteiger partial charge in [0, 0.05) is 11.1 Å². The van der Waals surface area contributed by atoms with Crippen molar-refractivity contribution in [2.24, 2.45) is 5.10 Å². The van der Waals surface area contributed by atoms with E-state index < -0.39 is 17.6 Å². The van der Waals surface area contributed by atoms with Crippen LogP contribution in [0.5, 0.6) is 11.5 Å². The SMILES string of the molecule is C=CCc1cc(C=NNC(=O)c2cccc(C(F)(F)F)c2)cc(OC)c1O. The molecule has 0 unspecified atom stereocenters. The van der Waals surface area contributed by atoms with Crippen molar-refractivity contribution in [2.75, 3.05) is 7.11 Å². The van der Waals surface area contributed by atoms with E-state index in [0.29, 0.717) is 17.5 Å². The van der Waals surface area contributed by atoms with Crippen LogP contribution in [0.25, 0.3) is 0 Å². The molecule has 0 aliphatic rings. The predicted molar refractivity (Wildman–Crippen MR) is 95.1 cm³/mol. The van der Waals surface area contributed by atoms with Crippen LogP contribution in [-0.2, 0) is 12.6 Å². The molecule has 0 radical (unpaired) electrons. The maximum absolute atomic E-state index is 12.7. The fraction of sp³-hybridized carbons (Fsp3) is 0.158. The molecule has 0 bridgehead atoms. The van der Waals surface area contributed by atoms with E-state index in [1.165, 1.54) is 25.5 Å². The zero-order valence-corrected chi connectivity index (χ0v) is 14.4. The van der Waals surface area contributed by atoms with Crippen molar-refractivity contribution in [3.8, 4) is 11.5 Å². The number of allylic oxidation sites excluding steroid dienone is 1. The maximum atomic E-state index is 12.7.